The maximum Gasteiger partial charge on any atom is 0.262 e. The topological polar surface area (TPSA) is 95.5 Å². The molecule has 1 atom stereocenters. The minimum absolute atomic E-state index is 0.176. The summed E-state index contributed by atoms with van der Waals surface area (Å²) < 4.78 is 27.8. The summed E-state index contributed by atoms with van der Waals surface area (Å²) in [6.07, 6.45) is 0. The zero-order valence-corrected chi connectivity index (χ0v) is 15.2. The van der Waals surface area contributed by atoms with Gasteiger partial charge in [-0.25, -0.2) is 8.42 Å². The fourth-order valence-corrected chi connectivity index (χ4v) is 3.66. The molecule has 2 aromatic carbocycles. The van der Waals surface area contributed by atoms with E-state index < -0.39 is 10.0 Å². The van der Waals surface area contributed by atoms with Gasteiger partial charge >= 0.3 is 0 Å². The summed E-state index contributed by atoms with van der Waals surface area (Å²) in [5, 5.41) is 11.6. The Hall–Kier alpha value is -2.38. The van der Waals surface area contributed by atoms with Crippen LogP contribution in [0.3, 0.4) is 0 Å². The second kappa shape index (κ2) is 7.67. The van der Waals surface area contributed by atoms with Gasteiger partial charge in [-0.3, -0.25) is 9.52 Å². The second-order valence-electron chi connectivity index (χ2n) is 6.01. The number of aliphatic hydroxyl groups is 1. The Morgan fingerprint density at radius 1 is 1.16 bits per heavy atom. The molecule has 0 fully saturated rings. The van der Waals surface area contributed by atoms with Crippen LogP contribution in [0.25, 0.3) is 0 Å². The van der Waals surface area contributed by atoms with Gasteiger partial charge in [-0.1, -0.05) is 18.2 Å². The molecule has 7 heteroatoms. The smallest absolute Gasteiger partial charge is 0.262 e. The van der Waals surface area contributed by atoms with E-state index in [-0.39, 0.29) is 23.5 Å². The number of anilines is 1. The zero-order valence-electron chi connectivity index (χ0n) is 14.4. The molecule has 25 heavy (non-hydrogen) atoms. The van der Waals surface area contributed by atoms with Gasteiger partial charge in [0.15, 0.2) is 0 Å². The summed E-state index contributed by atoms with van der Waals surface area (Å²) in [5.41, 5.74) is 2.09. The number of amides is 1. The summed E-state index contributed by atoms with van der Waals surface area (Å²) in [6.45, 7) is 5.05. The number of aliphatic hydroxyl groups excluding tert-OH is 1. The van der Waals surface area contributed by atoms with Gasteiger partial charge in [0.1, 0.15) is 0 Å². The van der Waals surface area contributed by atoms with Crippen LogP contribution in [0.1, 0.15) is 28.4 Å². The average Bonchev–Trinajstić information content (AvgIpc) is 2.56. The maximum absolute atomic E-state index is 12.6. The van der Waals surface area contributed by atoms with Crippen LogP contribution in [0.15, 0.2) is 47.4 Å². The third-order valence-corrected chi connectivity index (χ3v) is 5.18. The van der Waals surface area contributed by atoms with E-state index >= 15 is 0 Å². The highest BCUT2D eigenvalue weighted by Crippen LogP contribution is 2.21. The van der Waals surface area contributed by atoms with Crippen LogP contribution < -0.4 is 10.0 Å². The number of carbonyl (C=O) groups excluding carboxylic acids is 1. The Balaban J connectivity index is 2.27. The molecule has 0 spiro atoms. The molecule has 2 aromatic rings. The van der Waals surface area contributed by atoms with E-state index in [4.69, 9.17) is 5.11 Å². The van der Waals surface area contributed by atoms with E-state index in [2.05, 4.69) is 10.0 Å². The highest BCUT2D eigenvalue weighted by Gasteiger charge is 2.18. The Bertz CT molecular complexity index is 878. The lowest BCUT2D eigenvalue weighted by Gasteiger charge is -2.13. The van der Waals surface area contributed by atoms with Gasteiger partial charge in [-0.05, 0) is 56.2 Å². The molecule has 0 bridgehead atoms. The first-order valence-electron chi connectivity index (χ1n) is 7.85. The van der Waals surface area contributed by atoms with Gasteiger partial charge in [-0.15, -0.1) is 0 Å². The fourth-order valence-electron chi connectivity index (χ4n) is 2.28. The molecule has 0 aromatic heterocycles. The lowest BCUT2D eigenvalue weighted by atomic mass is 10.2. The standard InChI is InChI=1S/C18H22N2O4S/c1-12-7-8-13(2)17(9-12)25(23,24)20-16-6-4-5-15(10-16)18(22)19-14(3)11-21/h4-10,14,20-21H,11H2,1-3H3,(H,19,22)/t14-/m0/s1. The quantitative estimate of drug-likeness (QED) is 0.734. The van der Waals surface area contributed by atoms with E-state index in [1.807, 2.05) is 13.0 Å². The first kappa shape index (κ1) is 19.0. The van der Waals surface area contributed by atoms with Gasteiger partial charge in [0.05, 0.1) is 11.5 Å². The van der Waals surface area contributed by atoms with Crippen LogP contribution in [-0.4, -0.2) is 32.1 Å². The van der Waals surface area contributed by atoms with Crippen molar-refractivity contribution in [3.05, 3.63) is 59.2 Å². The van der Waals surface area contributed by atoms with Crippen LogP contribution in [0, 0.1) is 13.8 Å². The summed E-state index contributed by atoms with van der Waals surface area (Å²) >= 11 is 0. The van der Waals surface area contributed by atoms with Crippen molar-refractivity contribution in [2.24, 2.45) is 0 Å². The van der Waals surface area contributed by atoms with E-state index in [1.165, 1.54) is 6.07 Å². The molecule has 2 rings (SSSR count). The normalized spacial score (nSPS) is 12.5. The summed E-state index contributed by atoms with van der Waals surface area (Å²) in [4.78, 5) is 12.3. The molecule has 6 nitrogen and oxygen atoms in total. The number of carbonyl (C=O) groups is 1. The van der Waals surface area contributed by atoms with Crippen LogP contribution in [0.4, 0.5) is 5.69 Å². The minimum Gasteiger partial charge on any atom is -0.394 e. The van der Waals surface area contributed by atoms with Crippen molar-refractivity contribution in [1.29, 1.82) is 0 Å². The van der Waals surface area contributed by atoms with Crippen LogP contribution in [-0.2, 0) is 10.0 Å². The van der Waals surface area contributed by atoms with Crippen LogP contribution in [0.5, 0.6) is 0 Å². The maximum atomic E-state index is 12.6. The molecule has 0 heterocycles. The van der Waals surface area contributed by atoms with Crippen molar-refractivity contribution < 1.29 is 18.3 Å². The molecule has 0 saturated carbocycles. The molecular weight excluding hydrogens is 340 g/mol. The monoisotopic (exact) mass is 362 g/mol. The molecule has 0 unspecified atom stereocenters. The zero-order chi connectivity index (χ0) is 18.6. The predicted molar refractivity (Wildman–Crippen MR) is 97.2 cm³/mol. The van der Waals surface area contributed by atoms with Gasteiger partial charge in [0.2, 0.25) is 0 Å². The first-order chi connectivity index (χ1) is 11.7. The third kappa shape index (κ3) is 4.80. The highest BCUT2D eigenvalue weighted by molar-refractivity contribution is 7.92. The molecule has 0 saturated heterocycles. The van der Waals surface area contributed by atoms with Crippen LogP contribution in [0.2, 0.25) is 0 Å². The van der Waals surface area contributed by atoms with Crippen molar-refractivity contribution >= 4 is 21.6 Å². The molecular formula is C18H22N2O4S. The number of hydrogen-bond acceptors (Lipinski definition) is 4. The van der Waals surface area contributed by atoms with Crippen molar-refractivity contribution in [2.75, 3.05) is 11.3 Å². The second-order valence-corrected chi connectivity index (χ2v) is 7.66. The number of aryl methyl sites for hydroxylation is 2. The predicted octanol–water partition coefficient (Wildman–Crippen LogP) is 2.21. The van der Waals surface area contributed by atoms with Crippen molar-refractivity contribution in [1.82, 2.24) is 5.32 Å². The first-order valence-corrected chi connectivity index (χ1v) is 9.33. The lowest BCUT2D eigenvalue weighted by Crippen LogP contribution is -2.35. The minimum atomic E-state index is -3.76. The van der Waals surface area contributed by atoms with Gasteiger partial charge in [-0.2, -0.15) is 0 Å². The number of nitrogens with one attached hydrogen (secondary N) is 2. The number of sulfonamides is 1. The Morgan fingerprint density at radius 3 is 2.56 bits per heavy atom. The largest absolute Gasteiger partial charge is 0.394 e. The number of benzene rings is 2. The SMILES string of the molecule is Cc1ccc(C)c(S(=O)(=O)Nc2cccc(C(=O)N[C@@H](C)CO)c2)c1. The molecule has 1 amide bonds. The third-order valence-electron chi connectivity index (χ3n) is 3.66. The highest BCUT2D eigenvalue weighted by atomic mass is 32.2. The average molecular weight is 362 g/mol. The molecule has 3 N–H and O–H groups in total. The summed E-state index contributed by atoms with van der Waals surface area (Å²) in [5.74, 6) is -0.380. The van der Waals surface area contributed by atoms with Gasteiger partial charge in [0, 0.05) is 17.3 Å². The van der Waals surface area contributed by atoms with Crippen molar-refractivity contribution in [3.8, 4) is 0 Å². The molecule has 0 aliphatic rings. The van der Waals surface area contributed by atoms with E-state index in [1.54, 1.807) is 44.2 Å². The summed E-state index contributed by atoms with van der Waals surface area (Å²) in [6, 6.07) is 11.0. The van der Waals surface area contributed by atoms with E-state index in [9.17, 15) is 13.2 Å². The van der Waals surface area contributed by atoms with Gasteiger partial charge in [0.25, 0.3) is 15.9 Å². The molecule has 134 valence electrons. The molecule has 0 radical (unpaired) electrons. The fraction of sp³-hybridized carbons (Fsp3) is 0.278. The molecule has 0 aliphatic carbocycles. The van der Waals surface area contributed by atoms with Crippen molar-refractivity contribution in [2.45, 2.75) is 31.7 Å². The Kier molecular flexibility index (Phi) is 5.81. The molecule has 0 aliphatic heterocycles. The Morgan fingerprint density at radius 2 is 1.88 bits per heavy atom. The van der Waals surface area contributed by atoms with Crippen molar-refractivity contribution in [3.63, 3.8) is 0 Å². The Labute approximate surface area is 147 Å². The van der Waals surface area contributed by atoms with Crippen LogP contribution >= 0.6 is 0 Å². The number of hydrogen-bond donors (Lipinski definition) is 3. The summed E-state index contributed by atoms with van der Waals surface area (Å²) in [7, 11) is -3.76. The lowest BCUT2D eigenvalue weighted by molar-refractivity contribution is 0.0922. The number of rotatable bonds is 6. The van der Waals surface area contributed by atoms with E-state index in [0.717, 1.165) is 5.56 Å². The van der Waals surface area contributed by atoms with E-state index in [0.29, 0.717) is 16.8 Å². The van der Waals surface area contributed by atoms with Gasteiger partial charge < -0.3 is 10.4 Å².